The SMILES string of the molecule is Cc1ccc(S(=O)(=O)N2CCN(C(=O)c3ccsc3)CC2)cc1C. The molecule has 128 valence electrons. The average molecular weight is 364 g/mol. The molecule has 1 amide bonds. The molecule has 7 heteroatoms. The van der Waals surface area contributed by atoms with Gasteiger partial charge in [-0.15, -0.1) is 0 Å². The molecular formula is C17H20N2O3S2. The van der Waals surface area contributed by atoms with Crippen molar-refractivity contribution in [2.45, 2.75) is 18.7 Å². The van der Waals surface area contributed by atoms with Gasteiger partial charge in [-0.1, -0.05) is 6.07 Å². The molecule has 1 aliphatic rings. The molecule has 0 N–H and O–H groups in total. The molecule has 0 bridgehead atoms. The Balaban J connectivity index is 1.71. The van der Waals surface area contributed by atoms with Crippen LogP contribution in [-0.2, 0) is 10.0 Å². The number of amides is 1. The van der Waals surface area contributed by atoms with Crippen molar-refractivity contribution in [3.8, 4) is 0 Å². The highest BCUT2D eigenvalue weighted by molar-refractivity contribution is 7.89. The summed E-state index contributed by atoms with van der Waals surface area (Å²) in [6.45, 7) is 5.35. The number of carbonyl (C=O) groups excluding carboxylic acids is 1. The summed E-state index contributed by atoms with van der Waals surface area (Å²) in [6.07, 6.45) is 0. The van der Waals surface area contributed by atoms with E-state index in [1.165, 1.54) is 15.6 Å². The highest BCUT2D eigenvalue weighted by Crippen LogP contribution is 2.21. The number of hydrogen-bond acceptors (Lipinski definition) is 4. The van der Waals surface area contributed by atoms with Gasteiger partial charge in [-0.3, -0.25) is 4.79 Å². The first-order valence-corrected chi connectivity index (χ1v) is 10.2. The van der Waals surface area contributed by atoms with Crippen LogP contribution in [0, 0.1) is 13.8 Å². The Kier molecular flexibility index (Phi) is 4.76. The highest BCUT2D eigenvalue weighted by atomic mass is 32.2. The molecule has 2 aromatic rings. The summed E-state index contributed by atoms with van der Waals surface area (Å²) in [4.78, 5) is 14.4. The summed E-state index contributed by atoms with van der Waals surface area (Å²) in [5.41, 5.74) is 2.70. The lowest BCUT2D eigenvalue weighted by atomic mass is 10.1. The molecule has 0 saturated carbocycles. The van der Waals surface area contributed by atoms with Crippen molar-refractivity contribution in [3.63, 3.8) is 0 Å². The van der Waals surface area contributed by atoms with Gasteiger partial charge >= 0.3 is 0 Å². The average Bonchev–Trinajstić information content (AvgIpc) is 3.11. The largest absolute Gasteiger partial charge is 0.336 e. The van der Waals surface area contributed by atoms with Gasteiger partial charge < -0.3 is 4.90 Å². The topological polar surface area (TPSA) is 57.7 Å². The summed E-state index contributed by atoms with van der Waals surface area (Å²) < 4.78 is 27.0. The van der Waals surface area contributed by atoms with Gasteiger partial charge in [-0.05, 0) is 48.6 Å². The lowest BCUT2D eigenvalue weighted by Gasteiger charge is -2.34. The van der Waals surface area contributed by atoms with Crippen molar-refractivity contribution in [2.24, 2.45) is 0 Å². The number of hydrogen-bond donors (Lipinski definition) is 0. The fraction of sp³-hybridized carbons (Fsp3) is 0.353. The van der Waals surface area contributed by atoms with Crippen molar-refractivity contribution in [1.29, 1.82) is 0 Å². The molecule has 0 unspecified atom stereocenters. The van der Waals surface area contributed by atoms with E-state index >= 15 is 0 Å². The van der Waals surface area contributed by atoms with Crippen molar-refractivity contribution in [1.82, 2.24) is 9.21 Å². The van der Waals surface area contributed by atoms with Crippen LogP contribution < -0.4 is 0 Å². The number of piperazine rings is 1. The van der Waals surface area contributed by atoms with Gasteiger partial charge in [0.15, 0.2) is 0 Å². The van der Waals surface area contributed by atoms with Crippen LogP contribution in [0.5, 0.6) is 0 Å². The molecule has 1 aromatic carbocycles. The van der Waals surface area contributed by atoms with Crippen molar-refractivity contribution < 1.29 is 13.2 Å². The smallest absolute Gasteiger partial charge is 0.254 e. The minimum absolute atomic E-state index is 0.0283. The quantitative estimate of drug-likeness (QED) is 0.841. The number of nitrogens with zero attached hydrogens (tertiary/aromatic N) is 2. The van der Waals surface area contributed by atoms with Crippen LogP contribution in [-0.4, -0.2) is 49.7 Å². The van der Waals surface area contributed by atoms with Crippen molar-refractivity contribution >= 4 is 27.3 Å². The zero-order valence-electron chi connectivity index (χ0n) is 13.7. The number of benzene rings is 1. The van der Waals surface area contributed by atoms with Gasteiger partial charge in [0.2, 0.25) is 10.0 Å². The molecule has 0 spiro atoms. The third kappa shape index (κ3) is 3.24. The van der Waals surface area contributed by atoms with Crippen LogP contribution in [0.4, 0.5) is 0 Å². The number of carbonyl (C=O) groups is 1. The number of thiophene rings is 1. The van der Waals surface area contributed by atoms with Crippen LogP contribution in [0.3, 0.4) is 0 Å². The van der Waals surface area contributed by atoms with Gasteiger partial charge in [0.1, 0.15) is 0 Å². The van der Waals surface area contributed by atoms with E-state index in [0.717, 1.165) is 11.1 Å². The Hall–Kier alpha value is -1.70. The van der Waals surface area contributed by atoms with Gasteiger partial charge in [0.25, 0.3) is 5.91 Å². The zero-order chi connectivity index (χ0) is 17.3. The van der Waals surface area contributed by atoms with Crippen LogP contribution >= 0.6 is 11.3 Å². The monoisotopic (exact) mass is 364 g/mol. The Morgan fingerprint density at radius 2 is 1.75 bits per heavy atom. The molecule has 2 heterocycles. The second-order valence-electron chi connectivity index (χ2n) is 5.95. The number of aryl methyl sites for hydroxylation is 2. The van der Waals surface area contributed by atoms with E-state index in [0.29, 0.717) is 36.6 Å². The van der Waals surface area contributed by atoms with Crippen LogP contribution in [0.15, 0.2) is 39.9 Å². The molecule has 0 radical (unpaired) electrons. The number of rotatable bonds is 3. The molecule has 0 aliphatic carbocycles. The first-order valence-electron chi connectivity index (χ1n) is 7.78. The maximum Gasteiger partial charge on any atom is 0.254 e. The van der Waals surface area contributed by atoms with E-state index in [2.05, 4.69) is 0 Å². The molecule has 1 aromatic heterocycles. The predicted molar refractivity (Wildman–Crippen MR) is 94.9 cm³/mol. The zero-order valence-corrected chi connectivity index (χ0v) is 15.4. The molecular weight excluding hydrogens is 344 g/mol. The van der Waals surface area contributed by atoms with Crippen LogP contribution in [0.2, 0.25) is 0 Å². The minimum Gasteiger partial charge on any atom is -0.336 e. The molecule has 24 heavy (non-hydrogen) atoms. The Bertz CT molecular complexity index is 837. The first-order chi connectivity index (χ1) is 11.4. The van der Waals surface area contributed by atoms with E-state index in [9.17, 15) is 13.2 Å². The minimum atomic E-state index is -3.51. The maximum atomic E-state index is 12.8. The predicted octanol–water partition coefficient (Wildman–Crippen LogP) is 2.51. The number of sulfonamides is 1. The van der Waals surface area contributed by atoms with E-state index in [1.807, 2.05) is 30.7 Å². The van der Waals surface area contributed by atoms with E-state index < -0.39 is 10.0 Å². The summed E-state index contributed by atoms with van der Waals surface area (Å²) in [7, 11) is -3.51. The summed E-state index contributed by atoms with van der Waals surface area (Å²) in [5.74, 6) is -0.0283. The lowest BCUT2D eigenvalue weighted by molar-refractivity contribution is 0.0698. The van der Waals surface area contributed by atoms with Gasteiger partial charge in [0.05, 0.1) is 10.5 Å². The van der Waals surface area contributed by atoms with Crippen LogP contribution in [0.1, 0.15) is 21.5 Å². The van der Waals surface area contributed by atoms with Gasteiger partial charge in [0, 0.05) is 31.6 Å². The second kappa shape index (κ2) is 6.66. The Labute approximate surface area is 146 Å². The Morgan fingerprint density at radius 1 is 1.04 bits per heavy atom. The molecule has 5 nitrogen and oxygen atoms in total. The molecule has 1 aliphatic heterocycles. The maximum absolute atomic E-state index is 12.8. The fourth-order valence-electron chi connectivity index (χ4n) is 2.72. The van der Waals surface area contributed by atoms with Crippen molar-refractivity contribution in [3.05, 3.63) is 51.7 Å². The van der Waals surface area contributed by atoms with E-state index in [4.69, 9.17) is 0 Å². The van der Waals surface area contributed by atoms with E-state index in [-0.39, 0.29) is 5.91 Å². The summed E-state index contributed by atoms with van der Waals surface area (Å²) in [5, 5.41) is 3.69. The summed E-state index contributed by atoms with van der Waals surface area (Å²) in [6, 6.07) is 7.00. The standard InChI is InChI=1S/C17H20N2O3S2/c1-13-3-4-16(11-14(13)2)24(21,22)19-8-6-18(7-9-19)17(20)15-5-10-23-12-15/h3-5,10-12H,6-9H2,1-2H3. The molecule has 1 saturated heterocycles. The normalized spacial score (nSPS) is 16.3. The second-order valence-corrected chi connectivity index (χ2v) is 8.67. The fourth-order valence-corrected chi connectivity index (χ4v) is 4.86. The highest BCUT2D eigenvalue weighted by Gasteiger charge is 2.30. The summed E-state index contributed by atoms with van der Waals surface area (Å²) >= 11 is 1.48. The van der Waals surface area contributed by atoms with Gasteiger partial charge in [-0.2, -0.15) is 15.6 Å². The van der Waals surface area contributed by atoms with Crippen molar-refractivity contribution in [2.75, 3.05) is 26.2 Å². The molecule has 3 rings (SSSR count). The van der Waals surface area contributed by atoms with E-state index in [1.54, 1.807) is 23.1 Å². The van der Waals surface area contributed by atoms with Gasteiger partial charge in [-0.25, -0.2) is 8.42 Å². The third-order valence-electron chi connectivity index (χ3n) is 4.41. The lowest BCUT2D eigenvalue weighted by Crippen LogP contribution is -2.50. The first kappa shape index (κ1) is 17.1. The Morgan fingerprint density at radius 3 is 2.33 bits per heavy atom. The molecule has 1 fully saturated rings. The third-order valence-corrected chi connectivity index (χ3v) is 6.99. The molecule has 0 atom stereocenters. The van der Waals surface area contributed by atoms with Crippen LogP contribution in [0.25, 0.3) is 0 Å².